The Balaban J connectivity index is 0.00000400. The van der Waals surface area contributed by atoms with Gasteiger partial charge in [-0.25, -0.2) is 17.5 Å². The Morgan fingerprint density at radius 3 is 2.52 bits per heavy atom. The molecule has 1 rings (SSSR count). The van der Waals surface area contributed by atoms with E-state index in [1.165, 1.54) is 0 Å². The number of nitrogens with one attached hydrogen (secondary N) is 1. The molecule has 0 aliphatic heterocycles. The Bertz CT molecular complexity index is 614. The number of halogens is 2. The third-order valence-corrected chi connectivity index (χ3v) is 4.25. The molecule has 8 heteroatoms. The number of rotatable bonds is 6. The van der Waals surface area contributed by atoms with E-state index in [4.69, 9.17) is 11.0 Å². The Labute approximate surface area is 130 Å². The molecule has 0 saturated heterocycles. The molecule has 1 aromatic carbocycles. The summed E-state index contributed by atoms with van der Waals surface area (Å²) >= 11 is 0. The fourth-order valence-corrected chi connectivity index (χ4v) is 3.09. The van der Waals surface area contributed by atoms with Crippen molar-refractivity contribution in [1.29, 1.82) is 5.26 Å². The highest BCUT2D eigenvalue weighted by Crippen LogP contribution is 2.15. The third-order valence-electron chi connectivity index (χ3n) is 2.73. The van der Waals surface area contributed by atoms with E-state index in [1.807, 2.05) is 13.8 Å². The smallest absolute Gasteiger partial charge is 0.240 e. The molecule has 5 nitrogen and oxygen atoms in total. The summed E-state index contributed by atoms with van der Waals surface area (Å²) < 4.78 is 40.0. The van der Waals surface area contributed by atoms with Gasteiger partial charge in [0, 0.05) is 12.6 Å². The van der Waals surface area contributed by atoms with Crippen LogP contribution in [0.15, 0.2) is 23.1 Å². The van der Waals surface area contributed by atoms with Gasteiger partial charge in [0.15, 0.2) is 0 Å². The molecule has 118 valence electrons. The van der Waals surface area contributed by atoms with Gasteiger partial charge in [0.2, 0.25) is 10.0 Å². The van der Waals surface area contributed by atoms with Crippen LogP contribution >= 0.6 is 12.4 Å². The minimum Gasteiger partial charge on any atom is -0.329 e. The number of sulfonamides is 1. The lowest BCUT2D eigenvalue weighted by Gasteiger charge is -2.18. The number of nitrogens with zero attached hydrogens (tertiary/aromatic N) is 1. The molecule has 0 saturated carbocycles. The molecule has 1 atom stereocenters. The van der Waals surface area contributed by atoms with Crippen molar-refractivity contribution >= 4 is 22.4 Å². The standard InChI is InChI=1S/C13H18FN3O2S.ClH/c1-9(2)5-11(8-16)17-20(18,19)12-3-4-13(14)10(6-12)7-15;/h3-4,6,9,11,17H,5,8,16H2,1-2H3;1H. The highest BCUT2D eigenvalue weighted by atomic mass is 35.5. The highest BCUT2D eigenvalue weighted by molar-refractivity contribution is 7.89. The quantitative estimate of drug-likeness (QED) is 0.828. The minimum atomic E-state index is -3.81. The topological polar surface area (TPSA) is 96.0 Å². The monoisotopic (exact) mass is 335 g/mol. The van der Waals surface area contributed by atoms with Crippen LogP contribution in [0.3, 0.4) is 0 Å². The predicted octanol–water partition coefficient (Wildman–Crippen LogP) is 1.77. The fraction of sp³-hybridized carbons (Fsp3) is 0.462. The van der Waals surface area contributed by atoms with Crippen molar-refractivity contribution in [2.45, 2.75) is 31.2 Å². The first kappa shape index (κ1) is 19.8. The number of benzene rings is 1. The van der Waals surface area contributed by atoms with Gasteiger partial charge >= 0.3 is 0 Å². The van der Waals surface area contributed by atoms with E-state index in [0.717, 1.165) is 18.2 Å². The van der Waals surface area contributed by atoms with E-state index in [0.29, 0.717) is 6.42 Å². The van der Waals surface area contributed by atoms with E-state index in [2.05, 4.69) is 4.72 Å². The second-order valence-corrected chi connectivity index (χ2v) is 6.65. The molecule has 0 aliphatic rings. The van der Waals surface area contributed by atoms with Crippen LogP contribution in [-0.2, 0) is 10.0 Å². The summed E-state index contributed by atoms with van der Waals surface area (Å²) in [5, 5.41) is 8.73. The largest absolute Gasteiger partial charge is 0.329 e. The molecule has 0 fully saturated rings. The summed E-state index contributed by atoms with van der Waals surface area (Å²) in [6.07, 6.45) is 0.599. The fourth-order valence-electron chi connectivity index (χ4n) is 1.81. The molecule has 0 aromatic heterocycles. The molecule has 1 unspecified atom stereocenters. The SMILES string of the molecule is CC(C)CC(CN)NS(=O)(=O)c1ccc(F)c(C#N)c1.Cl. The Kier molecular flexibility index (Phi) is 7.82. The zero-order valence-electron chi connectivity index (χ0n) is 11.8. The van der Waals surface area contributed by atoms with Crippen LogP contribution in [0, 0.1) is 23.1 Å². The molecule has 21 heavy (non-hydrogen) atoms. The van der Waals surface area contributed by atoms with Gasteiger partial charge in [-0.3, -0.25) is 0 Å². The second-order valence-electron chi connectivity index (χ2n) is 4.94. The van der Waals surface area contributed by atoms with Crippen LogP contribution < -0.4 is 10.5 Å². The molecule has 0 radical (unpaired) electrons. The normalized spacial score (nSPS) is 12.6. The Hall–Kier alpha value is -1.20. The molecular formula is C13H19ClFN3O2S. The maximum atomic E-state index is 13.2. The molecule has 0 bridgehead atoms. The number of nitrogens with two attached hydrogens (primary N) is 1. The van der Waals surface area contributed by atoms with Gasteiger partial charge in [0.25, 0.3) is 0 Å². The van der Waals surface area contributed by atoms with Crippen molar-refractivity contribution in [3.63, 3.8) is 0 Å². The molecule has 3 N–H and O–H groups in total. The zero-order valence-corrected chi connectivity index (χ0v) is 13.5. The second kappa shape index (κ2) is 8.29. The molecule has 0 heterocycles. The van der Waals surface area contributed by atoms with Gasteiger partial charge in [-0.15, -0.1) is 12.4 Å². The summed E-state index contributed by atoms with van der Waals surface area (Å²) in [7, 11) is -3.81. The first-order valence-corrected chi connectivity index (χ1v) is 7.70. The molecule has 0 spiro atoms. The third kappa shape index (κ3) is 5.59. The van der Waals surface area contributed by atoms with Crippen molar-refractivity contribution < 1.29 is 12.8 Å². The molecular weight excluding hydrogens is 317 g/mol. The molecule has 0 aliphatic carbocycles. The van der Waals surface area contributed by atoms with E-state index in [9.17, 15) is 12.8 Å². The summed E-state index contributed by atoms with van der Waals surface area (Å²) in [4.78, 5) is -0.141. The maximum Gasteiger partial charge on any atom is 0.240 e. The zero-order chi connectivity index (χ0) is 15.3. The number of hydrogen-bond acceptors (Lipinski definition) is 4. The van der Waals surface area contributed by atoms with Crippen LogP contribution in [0.2, 0.25) is 0 Å². The van der Waals surface area contributed by atoms with Gasteiger partial charge in [0.1, 0.15) is 11.9 Å². The van der Waals surface area contributed by atoms with E-state index in [1.54, 1.807) is 6.07 Å². The van der Waals surface area contributed by atoms with Crippen LogP contribution in [0.4, 0.5) is 4.39 Å². The summed E-state index contributed by atoms with van der Waals surface area (Å²) in [5.41, 5.74) is 5.24. The number of hydrogen-bond donors (Lipinski definition) is 2. The Morgan fingerprint density at radius 2 is 2.05 bits per heavy atom. The van der Waals surface area contributed by atoms with Gasteiger partial charge in [-0.05, 0) is 30.5 Å². The average molecular weight is 336 g/mol. The average Bonchev–Trinajstić information content (AvgIpc) is 2.37. The summed E-state index contributed by atoms with van der Waals surface area (Å²) in [6.45, 7) is 4.09. The van der Waals surface area contributed by atoms with Gasteiger partial charge in [-0.1, -0.05) is 13.8 Å². The van der Waals surface area contributed by atoms with Gasteiger partial charge < -0.3 is 5.73 Å². The minimum absolute atomic E-state index is 0. The molecule has 1 aromatic rings. The van der Waals surface area contributed by atoms with Crippen molar-refractivity contribution in [3.05, 3.63) is 29.6 Å². The highest BCUT2D eigenvalue weighted by Gasteiger charge is 2.21. The van der Waals surface area contributed by atoms with Crippen molar-refractivity contribution in [3.8, 4) is 6.07 Å². The van der Waals surface area contributed by atoms with Crippen LogP contribution in [-0.4, -0.2) is 21.0 Å². The van der Waals surface area contributed by atoms with Gasteiger partial charge in [0.05, 0.1) is 10.5 Å². The number of nitriles is 1. The predicted molar refractivity (Wildman–Crippen MR) is 81.0 cm³/mol. The van der Waals surface area contributed by atoms with Crippen LogP contribution in [0.25, 0.3) is 0 Å². The summed E-state index contributed by atoms with van der Waals surface area (Å²) in [5.74, 6) is -0.460. The van der Waals surface area contributed by atoms with E-state index in [-0.39, 0.29) is 35.3 Å². The lowest BCUT2D eigenvalue weighted by atomic mass is 10.1. The molecule has 0 amide bonds. The van der Waals surface area contributed by atoms with Crippen molar-refractivity contribution in [1.82, 2.24) is 4.72 Å². The van der Waals surface area contributed by atoms with Crippen molar-refractivity contribution in [2.24, 2.45) is 11.7 Å². The van der Waals surface area contributed by atoms with Crippen molar-refractivity contribution in [2.75, 3.05) is 6.54 Å². The van der Waals surface area contributed by atoms with Gasteiger partial charge in [-0.2, -0.15) is 5.26 Å². The van der Waals surface area contributed by atoms with Crippen LogP contribution in [0.5, 0.6) is 0 Å². The van der Waals surface area contributed by atoms with E-state index >= 15 is 0 Å². The first-order chi connectivity index (χ1) is 9.30. The Morgan fingerprint density at radius 1 is 1.43 bits per heavy atom. The van der Waals surface area contributed by atoms with Crippen LogP contribution in [0.1, 0.15) is 25.8 Å². The lowest BCUT2D eigenvalue weighted by molar-refractivity contribution is 0.465. The maximum absolute atomic E-state index is 13.2. The lowest BCUT2D eigenvalue weighted by Crippen LogP contribution is -2.41. The van der Waals surface area contributed by atoms with E-state index < -0.39 is 21.9 Å². The summed E-state index contributed by atoms with van der Waals surface area (Å²) in [6, 6.07) is 4.33. The first-order valence-electron chi connectivity index (χ1n) is 6.22.